The summed E-state index contributed by atoms with van der Waals surface area (Å²) in [6.07, 6.45) is 4.04. The number of carbonyl (C=O) groups is 2. The number of hydrogen-bond acceptors (Lipinski definition) is 2. The Balaban J connectivity index is 1.52. The lowest BCUT2D eigenvalue weighted by atomic mass is 9.84. The smallest absolute Gasteiger partial charge is 0.254 e. The first-order chi connectivity index (χ1) is 12.6. The Bertz CT molecular complexity index is 847. The molecule has 0 radical (unpaired) electrons. The molecule has 5 heteroatoms. The maximum atomic E-state index is 13.1. The summed E-state index contributed by atoms with van der Waals surface area (Å²) in [5.74, 6) is 0.524. The van der Waals surface area contributed by atoms with E-state index in [9.17, 15) is 9.59 Å². The predicted molar refractivity (Wildman–Crippen MR) is 103 cm³/mol. The van der Waals surface area contributed by atoms with Gasteiger partial charge >= 0.3 is 0 Å². The van der Waals surface area contributed by atoms with Crippen LogP contribution in [-0.2, 0) is 4.79 Å². The molecule has 1 heterocycles. The van der Waals surface area contributed by atoms with Gasteiger partial charge in [0.05, 0.1) is 0 Å². The van der Waals surface area contributed by atoms with E-state index in [0.29, 0.717) is 30.2 Å². The highest BCUT2D eigenvalue weighted by atomic mass is 35.5. The molecule has 0 unspecified atom stereocenters. The molecule has 2 amide bonds. The van der Waals surface area contributed by atoms with E-state index in [0.717, 1.165) is 36.6 Å². The van der Waals surface area contributed by atoms with Gasteiger partial charge in [0.25, 0.3) is 5.91 Å². The summed E-state index contributed by atoms with van der Waals surface area (Å²) >= 11 is 6.28. The van der Waals surface area contributed by atoms with Crippen LogP contribution >= 0.6 is 11.6 Å². The van der Waals surface area contributed by atoms with Crippen LogP contribution in [0.5, 0.6) is 0 Å². The molecule has 0 atom stereocenters. The van der Waals surface area contributed by atoms with Gasteiger partial charge in [-0.1, -0.05) is 42.3 Å². The molecule has 2 aromatic carbocycles. The molecule has 2 aromatic rings. The Labute approximate surface area is 158 Å². The zero-order valence-corrected chi connectivity index (χ0v) is 15.5. The van der Waals surface area contributed by atoms with E-state index in [-0.39, 0.29) is 17.7 Å². The van der Waals surface area contributed by atoms with Gasteiger partial charge in [-0.3, -0.25) is 9.59 Å². The van der Waals surface area contributed by atoms with Crippen LogP contribution in [-0.4, -0.2) is 47.8 Å². The van der Waals surface area contributed by atoms with Crippen molar-refractivity contribution >= 4 is 34.2 Å². The molecule has 4 rings (SSSR count). The standard InChI is InChI=1S/C21H23ClN2O2/c22-19-10-3-7-16-17(19)8-2-9-18(16)21(26)24-12-4-11-23(13-14-24)20(25)15-5-1-6-15/h2-3,7-10,15H,1,4-6,11-14H2. The SMILES string of the molecule is O=C(c1cccc2c(Cl)cccc12)N1CCCN(C(=O)C2CCC2)CC1. The zero-order valence-electron chi connectivity index (χ0n) is 14.8. The third-order valence-corrected chi connectivity index (χ3v) is 5.98. The van der Waals surface area contributed by atoms with E-state index in [4.69, 9.17) is 11.6 Å². The lowest BCUT2D eigenvalue weighted by Crippen LogP contribution is -2.41. The summed E-state index contributed by atoms with van der Waals surface area (Å²) in [5, 5.41) is 2.44. The Hall–Kier alpha value is -2.07. The third kappa shape index (κ3) is 3.18. The summed E-state index contributed by atoms with van der Waals surface area (Å²) in [5.41, 5.74) is 0.684. The largest absolute Gasteiger partial charge is 0.341 e. The Morgan fingerprint density at radius 2 is 1.54 bits per heavy atom. The van der Waals surface area contributed by atoms with E-state index in [1.807, 2.05) is 46.2 Å². The number of nitrogens with zero attached hydrogens (tertiary/aromatic N) is 2. The van der Waals surface area contributed by atoms with Crippen LogP contribution < -0.4 is 0 Å². The lowest BCUT2D eigenvalue weighted by Gasteiger charge is -2.31. The fourth-order valence-corrected chi connectivity index (χ4v) is 4.12. The fraction of sp³-hybridized carbons (Fsp3) is 0.429. The van der Waals surface area contributed by atoms with Crippen LogP contribution in [0.4, 0.5) is 0 Å². The van der Waals surface area contributed by atoms with Crippen molar-refractivity contribution in [2.45, 2.75) is 25.7 Å². The quantitative estimate of drug-likeness (QED) is 0.802. The highest BCUT2D eigenvalue weighted by Gasteiger charge is 2.31. The van der Waals surface area contributed by atoms with Crippen LogP contribution in [0.15, 0.2) is 36.4 Å². The van der Waals surface area contributed by atoms with Gasteiger partial charge in [-0.2, -0.15) is 0 Å². The topological polar surface area (TPSA) is 40.6 Å². The molecule has 0 N–H and O–H groups in total. The van der Waals surface area contributed by atoms with E-state index in [1.54, 1.807) is 0 Å². The highest BCUT2D eigenvalue weighted by molar-refractivity contribution is 6.36. The minimum Gasteiger partial charge on any atom is -0.341 e. The molecule has 0 spiro atoms. The van der Waals surface area contributed by atoms with Gasteiger partial charge in [0.2, 0.25) is 5.91 Å². The Morgan fingerprint density at radius 3 is 2.31 bits per heavy atom. The number of carbonyl (C=O) groups excluding carboxylic acids is 2. The first-order valence-electron chi connectivity index (χ1n) is 9.40. The molecule has 136 valence electrons. The molecule has 1 aliphatic carbocycles. The molecule has 1 aliphatic heterocycles. The molecule has 26 heavy (non-hydrogen) atoms. The van der Waals surface area contributed by atoms with Gasteiger partial charge in [-0.25, -0.2) is 0 Å². The summed E-state index contributed by atoms with van der Waals surface area (Å²) in [6, 6.07) is 11.3. The highest BCUT2D eigenvalue weighted by Crippen LogP contribution is 2.29. The monoisotopic (exact) mass is 370 g/mol. The lowest BCUT2D eigenvalue weighted by molar-refractivity contribution is -0.138. The van der Waals surface area contributed by atoms with Crippen molar-refractivity contribution in [2.24, 2.45) is 5.92 Å². The number of halogens is 1. The number of fused-ring (bicyclic) bond motifs is 1. The molecule has 1 saturated heterocycles. The number of amides is 2. The van der Waals surface area contributed by atoms with Crippen molar-refractivity contribution in [1.29, 1.82) is 0 Å². The fourth-order valence-electron chi connectivity index (χ4n) is 3.88. The van der Waals surface area contributed by atoms with Gasteiger partial charge in [0.15, 0.2) is 0 Å². The molecule has 2 aliphatic rings. The van der Waals surface area contributed by atoms with E-state index in [1.165, 1.54) is 6.42 Å². The number of rotatable bonds is 2. The average molecular weight is 371 g/mol. The zero-order chi connectivity index (χ0) is 18.1. The van der Waals surface area contributed by atoms with E-state index >= 15 is 0 Å². The first-order valence-corrected chi connectivity index (χ1v) is 9.78. The summed E-state index contributed by atoms with van der Waals surface area (Å²) in [6.45, 7) is 2.66. The summed E-state index contributed by atoms with van der Waals surface area (Å²) < 4.78 is 0. The van der Waals surface area contributed by atoms with Gasteiger partial charge in [-0.15, -0.1) is 0 Å². The van der Waals surface area contributed by atoms with Crippen LogP contribution in [0.2, 0.25) is 5.02 Å². The van der Waals surface area contributed by atoms with Crippen molar-refractivity contribution < 1.29 is 9.59 Å². The van der Waals surface area contributed by atoms with Gasteiger partial charge in [-0.05, 0) is 36.8 Å². The van der Waals surface area contributed by atoms with Crippen LogP contribution in [0.1, 0.15) is 36.0 Å². The minimum absolute atomic E-state index is 0.0239. The van der Waals surface area contributed by atoms with Crippen molar-refractivity contribution in [3.8, 4) is 0 Å². The minimum atomic E-state index is 0.0239. The van der Waals surface area contributed by atoms with E-state index in [2.05, 4.69) is 0 Å². The molecule has 1 saturated carbocycles. The second-order valence-electron chi connectivity index (χ2n) is 7.24. The Kier molecular flexibility index (Phi) is 4.86. The molecular formula is C21H23ClN2O2. The van der Waals surface area contributed by atoms with E-state index < -0.39 is 0 Å². The summed E-state index contributed by atoms with van der Waals surface area (Å²) in [7, 11) is 0. The average Bonchev–Trinajstić information content (AvgIpc) is 2.86. The molecule has 0 aromatic heterocycles. The van der Waals surface area contributed by atoms with Gasteiger partial charge in [0.1, 0.15) is 0 Å². The Morgan fingerprint density at radius 1 is 0.846 bits per heavy atom. The number of hydrogen-bond donors (Lipinski definition) is 0. The van der Waals surface area contributed by atoms with Gasteiger partial charge < -0.3 is 9.80 Å². The molecule has 4 nitrogen and oxygen atoms in total. The molecule has 0 bridgehead atoms. The predicted octanol–water partition coefficient (Wildman–Crippen LogP) is 3.97. The summed E-state index contributed by atoms with van der Waals surface area (Å²) in [4.78, 5) is 29.5. The maximum Gasteiger partial charge on any atom is 0.254 e. The third-order valence-electron chi connectivity index (χ3n) is 5.65. The second kappa shape index (κ2) is 7.28. The molecule has 2 fully saturated rings. The normalized spacial score (nSPS) is 18.5. The van der Waals surface area contributed by atoms with Crippen LogP contribution in [0.3, 0.4) is 0 Å². The van der Waals surface area contributed by atoms with Crippen LogP contribution in [0, 0.1) is 5.92 Å². The van der Waals surface area contributed by atoms with Crippen molar-refractivity contribution in [3.05, 3.63) is 47.0 Å². The maximum absolute atomic E-state index is 13.1. The second-order valence-corrected chi connectivity index (χ2v) is 7.65. The first kappa shape index (κ1) is 17.3. The van der Waals surface area contributed by atoms with Crippen molar-refractivity contribution in [2.75, 3.05) is 26.2 Å². The van der Waals surface area contributed by atoms with Crippen LogP contribution in [0.25, 0.3) is 10.8 Å². The van der Waals surface area contributed by atoms with Crippen molar-refractivity contribution in [1.82, 2.24) is 9.80 Å². The number of benzene rings is 2. The van der Waals surface area contributed by atoms with Gasteiger partial charge in [0, 0.05) is 48.1 Å². The van der Waals surface area contributed by atoms with Crippen molar-refractivity contribution in [3.63, 3.8) is 0 Å². The molecular weight excluding hydrogens is 348 g/mol.